The van der Waals surface area contributed by atoms with Gasteiger partial charge < -0.3 is 9.64 Å². The SMILES string of the molecule is COc1cc2c(N3CCC(NS(N)(=O)=O)CC3)ccnc2cc1C. The van der Waals surface area contributed by atoms with Gasteiger partial charge in [0.05, 0.1) is 12.6 Å². The van der Waals surface area contributed by atoms with Crippen molar-refractivity contribution < 1.29 is 13.2 Å². The number of methoxy groups -OCH3 is 1. The predicted octanol–water partition coefficient (Wildman–Crippen LogP) is 1.31. The molecule has 1 aliphatic heterocycles. The minimum Gasteiger partial charge on any atom is -0.496 e. The Morgan fingerprint density at radius 2 is 2.04 bits per heavy atom. The Bertz CT molecular complexity index is 846. The number of benzene rings is 1. The highest BCUT2D eigenvalue weighted by atomic mass is 32.2. The monoisotopic (exact) mass is 350 g/mol. The Morgan fingerprint density at radius 1 is 1.33 bits per heavy atom. The van der Waals surface area contributed by atoms with Gasteiger partial charge in [0.25, 0.3) is 10.2 Å². The quantitative estimate of drug-likeness (QED) is 0.866. The van der Waals surface area contributed by atoms with Crippen LogP contribution in [0.25, 0.3) is 10.9 Å². The summed E-state index contributed by atoms with van der Waals surface area (Å²) in [5.41, 5.74) is 3.06. The maximum absolute atomic E-state index is 11.2. The molecule has 130 valence electrons. The Labute approximate surface area is 142 Å². The number of hydrogen-bond acceptors (Lipinski definition) is 5. The van der Waals surface area contributed by atoms with Gasteiger partial charge in [0.15, 0.2) is 0 Å². The molecule has 0 atom stereocenters. The summed E-state index contributed by atoms with van der Waals surface area (Å²) in [7, 11) is -1.99. The number of nitrogens with two attached hydrogens (primary N) is 1. The summed E-state index contributed by atoms with van der Waals surface area (Å²) >= 11 is 0. The van der Waals surface area contributed by atoms with E-state index in [0.29, 0.717) is 12.8 Å². The molecule has 0 unspecified atom stereocenters. The average Bonchev–Trinajstić information content (AvgIpc) is 2.53. The summed E-state index contributed by atoms with van der Waals surface area (Å²) in [6.07, 6.45) is 3.23. The van der Waals surface area contributed by atoms with Crippen LogP contribution in [-0.4, -0.2) is 39.6 Å². The molecule has 3 N–H and O–H groups in total. The lowest BCUT2D eigenvalue weighted by Gasteiger charge is -2.34. The average molecular weight is 350 g/mol. The van der Waals surface area contributed by atoms with E-state index >= 15 is 0 Å². The summed E-state index contributed by atoms with van der Waals surface area (Å²) < 4.78 is 30.2. The third-order valence-electron chi connectivity index (χ3n) is 4.40. The van der Waals surface area contributed by atoms with Crippen molar-refractivity contribution in [2.45, 2.75) is 25.8 Å². The van der Waals surface area contributed by atoms with Crippen LogP contribution in [-0.2, 0) is 10.2 Å². The molecule has 2 aromatic rings. The van der Waals surface area contributed by atoms with E-state index in [0.717, 1.165) is 41.0 Å². The normalized spacial score (nSPS) is 16.5. The standard InChI is InChI=1S/C16H22N4O3S/c1-11-9-14-13(10-16(11)23-2)15(3-6-18-14)20-7-4-12(5-8-20)19-24(17,21)22/h3,6,9-10,12,19H,4-5,7-8H2,1-2H3,(H2,17,21,22). The molecule has 0 radical (unpaired) electrons. The molecule has 2 heterocycles. The van der Waals surface area contributed by atoms with Crippen molar-refractivity contribution in [3.05, 3.63) is 30.0 Å². The largest absolute Gasteiger partial charge is 0.496 e. The first-order valence-corrected chi connectivity index (χ1v) is 9.40. The van der Waals surface area contributed by atoms with Crippen molar-refractivity contribution >= 4 is 26.8 Å². The van der Waals surface area contributed by atoms with Crippen LogP contribution in [0, 0.1) is 6.92 Å². The highest BCUT2D eigenvalue weighted by Gasteiger charge is 2.23. The summed E-state index contributed by atoms with van der Waals surface area (Å²) in [6, 6.07) is 5.92. The van der Waals surface area contributed by atoms with Gasteiger partial charge in [0, 0.05) is 36.4 Å². The molecule has 7 nitrogen and oxygen atoms in total. The number of piperidine rings is 1. The maximum Gasteiger partial charge on any atom is 0.274 e. The summed E-state index contributed by atoms with van der Waals surface area (Å²) in [4.78, 5) is 6.70. The van der Waals surface area contributed by atoms with Gasteiger partial charge >= 0.3 is 0 Å². The Kier molecular flexibility index (Phi) is 4.62. The molecule has 24 heavy (non-hydrogen) atoms. The number of pyridine rings is 1. The first kappa shape index (κ1) is 16.9. The van der Waals surface area contributed by atoms with E-state index in [1.165, 1.54) is 0 Å². The lowest BCUT2D eigenvalue weighted by molar-refractivity contribution is 0.412. The first-order chi connectivity index (χ1) is 11.4. The number of nitrogens with one attached hydrogen (secondary N) is 1. The lowest BCUT2D eigenvalue weighted by atomic mass is 10.0. The number of fused-ring (bicyclic) bond motifs is 1. The van der Waals surface area contributed by atoms with Gasteiger partial charge in [0.1, 0.15) is 5.75 Å². The van der Waals surface area contributed by atoms with Crippen molar-refractivity contribution in [1.82, 2.24) is 9.71 Å². The van der Waals surface area contributed by atoms with Crippen LogP contribution in [0.1, 0.15) is 18.4 Å². The van der Waals surface area contributed by atoms with E-state index in [1.54, 1.807) is 13.3 Å². The van der Waals surface area contributed by atoms with Gasteiger partial charge in [-0.05, 0) is 43.5 Å². The van der Waals surface area contributed by atoms with Gasteiger partial charge in [-0.15, -0.1) is 0 Å². The fraction of sp³-hybridized carbons (Fsp3) is 0.438. The Morgan fingerprint density at radius 3 is 2.67 bits per heavy atom. The van der Waals surface area contributed by atoms with E-state index in [4.69, 9.17) is 9.88 Å². The van der Waals surface area contributed by atoms with Crippen molar-refractivity contribution in [3.63, 3.8) is 0 Å². The number of hydrogen-bond donors (Lipinski definition) is 2. The minimum atomic E-state index is -3.65. The number of anilines is 1. The fourth-order valence-electron chi connectivity index (χ4n) is 3.23. The highest BCUT2D eigenvalue weighted by Crippen LogP contribution is 2.32. The molecule has 0 aliphatic carbocycles. The van der Waals surface area contributed by atoms with Crippen LogP contribution in [0.5, 0.6) is 5.75 Å². The van der Waals surface area contributed by atoms with E-state index < -0.39 is 10.2 Å². The number of aromatic nitrogens is 1. The van der Waals surface area contributed by atoms with Crippen molar-refractivity contribution in [3.8, 4) is 5.75 Å². The summed E-state index contributed by atoms with van der Waals surface area (Å²) in [5.74, 6) is 0.836. The van der Waals surface area contributed by atoms with E-state index in [2.05, 4.69) is 14.6 Å². The van der Waals surface area contributed by atoms with Gasteiger partial charge in [-0.1, -0.05) is 0 Å². The van der Waals surface area contributed by atoms with E-state index in [1.807, 2.05) is 25.1 Å². The summed E-state index contributed by atoms with van der Waals surface area (Å²) in [6.45, 7) is 3.50. The third-order valence-corrected chi connectivity index (χ3v) is 5.06. The first-order valence-electron chi connectivity index (χ1n) is 7.86. The smallest absolute Gasteiger partial charge is 0.274 e. The van der Waals surface area contributed by atoms with Gasteiger partial charge in [-0.25, -0.2) is 5.14 Å². The molecule has 1 saturated heterocycles. The Hall–Kier alpha value is -1.90. The topological polar surface area (TPSA) is 97.5 Å². The van der Waals surface area contributed by atoms with Crippen LogP contribution in [0.15, 0.2) is 24.4 Å². The number of ether oxygens (including phenoxy) is 1. The molecule has 0 amide bonds. The van der Waals surface area contributed by atoms with Gasteiger partial charge in [-0.3, -0.25) is 4.98 Å². The fourth-order valence-corrected chi connectivity index (χ4v) is 3.93. The van der Waals surface area contributed by atoms with Gasteiger partial charge in [-0.2, -0.15) is 13.1 Å². The van der Waals surface area contributed by atoms with Gasteiger partial charge in [0.2, 0.25) is 0 Å². The third kappa shape index (κ3) is 3.61. The molecular weight excluding hydrogens is 328 g/mol. The Balaban J connectivity index is 1.85. The van der Waals surface area contributed by atoms with Crippen LogP contribution in [0.4, 0.5) is 5.69 Å². The van der Waals surface area contributed by atoms with Crippen molar-refractivity contribution in [2.75, 3.05) is 25.1 Å². The van der Waals surface area contributed by atoms with Crippen LogP contribution >= 0.6 is 0 Å². The van der Waals surface area contributed by atoms with E-state index in [9.17, 15) is 8.42 Å². The second-order valence-electron chi connectivity index (χ2n) is 6.09. The highest BCUT2D eigenvalue weighted by molar-refractivity contribution is 7.87. The second kappa shape index (κ2) is 6.54. The molecule has 8 heteroatoms. The molecule has 1 aliphatic rings. The second-order valence-corrected chi connectivity index (χ2v) is 7.42. The van der Waals surface area contributed by atoms with E-state index in [-0.39, 0.29) is 6.04 Å². The zero-order chi connectivity index (χ0) is 17.3. The maximum atomic E-state index is 11.2. The zero-order valence-corrected chi connectivity index (χ0v) is 14.6. The molecule has 1 aromatic heterocycles. The number of nitrogens with zero attached hydrogens (tertiary/aromatic N) is 2. The molecular formula is C16H22N4O3S. The zero-order valence-electron chi connectivity index (χ0n) is 13.8. The van der Waals surface area contributed by atoms with Crippen LogP contribution in [0.2, 0.25) is 0 Å². The number of rotatable bonds is 4. The molecule has 1 fully saturated rings. The van der Waals surface area contributed by atoms with Crippen molar-refractivity contribution in [2.24, 2.45) is 5.14 Å². The number of aryl methyl sites for hydroxylation is 1. The lowest BCUT2D eigenvalue weighted by Crippen LogP contribution is -2.46. The van der Waals surface area contributed by atoms with Crippen LogP contribution < -0.4 is 19.5 Å². The predicted molar refractivity (Wildman–Crippen MR) is 94.5 cm³/mol. The van der Waals surface area contributed by atoms with Crippen molar-refractivity contribution in [1.29, 1.82) is 0 Å². The van der Waals surface area contributed by atoms with Crippen LogP contribution in [0.3, 0.4) is 0 Å². The minimum absolute atomic E-state index is 0.110. The molecule has 3 rings (SSSR count). The molecule has 1 aromatic carbocycles. The molecule has 0 bridgehead atoms. The molecule has 0 spiro atoms. The summed E-state index contributed by atoms with van der Waals surface area (Å²) in [5, 5.41) is 6.10. The molecule has 0 saturated carbocycles.